The zero-order valence-electron chi connectivity index (χ0n) is 12.6. The maximum Gasteiger partial charge on any atom is 0.354 e. The third kappa shape index (κ3) is 4.17. The van der Waals surface area contributed by atoms with Crippen molar-refractivity contribution in [1.82, 2.24) is 0 Å². The van der Waals surface area contributed by atoms with E-state index in [2.05, 4.69) is 9.57 Å². The minimum absolute atomic E-state index is 1.08. The number of carbonyl (C=O) groups is 2. The lowest BCUT2D eigenvalue weighted by Gasteiger charge is -2.22. The fourth-order valence-electron chi connectivity index (χ4n) is 1.39. The van der Waals surface area contributed by atoms with Crippen molar-refractivity contribution in [1.29, 1.82) is 0 Å². The summed E-state index contributed by atoms with van der Waals surface area (Å²) in [5, 5.41) is 0. The molecule has 0 aliphatic carbocycles. The Morgan fingerprint density at radius 3 is 1.67 bits per heavy atom. The topological polar surface area (TPSA) is 87.9 Å². The van der Waals surface area contributed by atoms with Gasteiger partial charge >= 0.3 is 11.9 Å². The van der Waals surface area contributed by atoms with Crippen LogP contribution in [0, 0.1) is 29.1 Å². The number of nitrogens with two attached hydrogens (primary N) is 1. The maximum atomic E-state index is 13.4. The minimum atomic E-state index is -2.44. The zero-order chi connectivity index (χ0) is 18.8. The summed E-state index contributed by atoms with van der Waals surface area (Å²) in [6, 6.07) is 0. The van der Waals surface area contributed by atoms with Crippen LogP contribution in [-0.2, 0) is 19.2 Å². The van der Waals surface area contributed by atoms with Crippen LogP contribution in [0.15, 0.2) is 0 Å². The number of esters is 2. The molecule has 1 aromatic rings. The van der Waals surface area contributed by atoms with Gasteiger partial charge in [0.25, 0.3) is 6.10 Å². The molecule has 2 N–H and O–H groups in total. The number of halogens is 5. The Bertz CT molecular complexity index is 645. The second kappa shape index (κ2) is 7.09. The predicted molar refractivity (Wildman–Crippen MR) is 66.8 cm³/mol. The molecular weight excluding hydrogens is 345 g/mol. The van der Waals surface area contributed by atoms with Crippen molar-refractivity contribution in [3.05, 3.63) is 29.1 Å². The van der Waals surface area contributed by atoms with Crippen molar-refractivity contribution in [2.45, 2.75) is 32.5 Å². The van der Waals surface area contributed by atoms with Gasteiger partial charge in [-0.05, 0) is 20.8 Å². The van der Waals surface area contributed by atoms with Gasteiger partial charge < -0.3 is 9.47 Å². The third-order valence-electron chi connectivity index (χ3n) is 2.34. The summed E-state index contributed by atoms with van der Waals surface area (Å²) in [6.07, 6.45) is -2.31. The summed E-state index contributed by atoms with van der Waals surface area (Å²) >= 11 is 0. The molecule has 1 atom stereocenters. The Labute approximate surface area is 132 Å². The maximum absolute atomic E-state index is 13.4. The molecule has 0 bridgehead atoms. The fraction of sp³-hybridized carbons (Fsp3) is 0.385. The lowest BCUT2D eigenvalue weighted by molar-refractivity contribution is -0.176. The molecular formula is C13H12F5NO5. The molecule has 1 aromatic carbocycles. The van der Waals surface area contributed by atoms with Crippen LogP contribution in [0.1, 0.15) is 20.8 Å². The molecule has 0 spiro atoms. The van der Waals surface area contributed by atoms with Crippen LogP contribution in [0.25, 0.3) is 0 Å². The van der Waals surface area contributed by atoms with Crippen LogP contribution in [-0.4, -0.2) is 23.6 Å². The Balaban J connectivity index is 3.12. The SMILES string of the molecule is CC(C)(C)OC(=O)C(ON)C(=O)Oc1c(F)c(F)c(F)c(F)c1F. The molecule has 0 heterocycles. The van der Waals surface area contributed by atoms with Crippen LogP contribution >= 0.6 is 0 Å². The molecule has 0 aromatic heterocycles. The van der Waals surface area contributed by atoms with E-state index < -0.39 is 58.5 Å². The van der Waals surface area contributed by atoms with Crippen LogP contribution in [0.2, 0.25) is 0 Å². The molecule has 24 heavy (non-hydrogen) atoms. The molecule has 11 heteroatoms. The largest absolute Gasteiger partial charge is 0.458 e. The number of hydrogen-bond donors (Lipinski definition) is 1. The van der Waals surface area contributed by atoms with Gasteiger partial charge in [0.05, 0.1) is 0 Å². The molecule has 1 rings (SSSR count). The summed E-state index contributed by atoms with van der Waals surface area (Å²) in [5.74, 6) is -12.3. The highest BCUT2D eigenvalue weighted by molar-refractivity contribution is 5.99. The second-order valence-corrected chi connectivity index (χ2v) is 5.37. The molecule has 134 valence electrons. The molecule has 0 amide bonds. The smallest absolute Gasteiger partial charge is 0.354 e. The van der Waals surface area contributed by atoms with E-state index in [0.717, 1.165) is 0 Å². The summed E-state index contributed by atoms with van der Waals surface area (Å²) in [5.41, 5.74) is -1.08. The predicted octanol–water partition coefficient (Wildman–Crippen LogP) is 1.89. The van der Waals surface area contributed by atoms with Gasteiger partial charge in [0, 0.05) is 0 Å². The molecule has 1 unspecified atom stereocenters. The highest BCUT2D eigenvalue weighted by Gasteiger charge is 2.36. The highest BCUT2D eigenvalue weighted by Crippen LogP contribution is 2.29. The van der Waals surface area contributed by atoms with E-state index in [1.807, 2.05) is 0 Å². The average molecular weight is 357 g/mol. The van der Waals surface area contributed by atoms with Crippen LogP contribution in [0.3, 0.4) is 0 Å². The monoisotopic (exact) mass is 357 g/mol. The van der Waals surface area contributed by atoms with Crippen molar-refractivity contribution >= 4 is 11.9 Å². The number of benzene rings is 1. The fourth-order valence-corrected chi connectivity index (χ4v) is 1.39. The number of carbonyl (C=O) groups excluding carboxylic acids is 2. The van der Waals surface area contributed by atoms with Crippen molar-refractivity contribution in [2.24, 2.45) is 5.90 Å². The molecule has 0 radical (unpaired) electrons. The van der Waals surface area contributed by atoms with Gasteiger partial charge in [-0.2, -0.15) is 8.78 Å². The first-order chi connectivity index (χ1) is 10.9. The molecule has 0 aliphatic heterocycles. The summed E-state index contributed by atoms with van der Waals surface area (Å²) in [7, 11) is 0. The zero-order valence-corrected chi connectivity index (χ0v) is 12.6. The lowest BCUT2D eigenvalue weighted by atomic mass is 10.2. The van der Waals surface area contributed by atoms with Crippen LogP contribution in [0.4, 0.5) is 22.0 Å². The first-order valence-corrected chi connectivity index (χ1v) is 6.22. The van der Waals surface area contributed by atoms with Crippen molar-refractivity contribution < 1.29 is 45.9 Å². The van der Waals surface area contributed by atoms with Gasteiger partial charge in [-0.3, -0.25) is 4.84 Å². The summed E-state index contributed by atoms with van der Waals surface area (Å²) in [4.78, 5) is 27.3. The van der Waals surface area contributed by atoms with Gasteiger partial charge in [0.2, 0.25) is 34.8 Å². The van der Waals surface area contributed by atoms with Crippen molar-refractivity contribution in [2.75, 3.05) is 0 Å². The molecule has 6 nitrogen and oxygen atoms in total. The Morgan fingerprint density at radius 2 is 1.29 bits per heavy atom. The standard InChI is InChI=1S/C13H12F5NO5/c1-13(2,3)23-12(21)10(24-19)11(20)22-9-7(17)5(15)4(14)6(16)8(9)18/h10H,19H2,1-3H3. The van der Waals surface area contributed by atoms with Crippen LogP contribution < -0.4 is 10.6 Å². The first-order valence-electron chi connectivity index (χ1n) is 6.22. The van der Waals surface area contributed by atoms with E-state index in [1.165, 1.54) is 20.8 Å². The minimum Gasteiger partial charge on any atom is -0.458 e. The normalized spacial score (nSPS) is 12.7. The molecule has 0 saturated carbocycles. The average Bonchev–Trinajstić information content (AvgIpc) is 2.46. The quantitative estimate of drug-likeness (QED) is 0.168. The summed E-state index contributed by atoms with van der Waals surface area (Å²) in [6.45, 7) is 4.27. The lowest BCUT2D eigenvalue weighted by Crippen LogP contribution is -2.42. The highest BCUT2D eigenvalue weighted by atomic mass is 19.2. The Hall–Kier alpha value is -2.27. The van der Waals surface area contributed by atoms with E-state index in [0.29, 0.717) is 0 Å². The Morgan fingerprint density at radius 1 is 0.875 bits per heavy atom. The second-order valence-electron chi connectivity index (χ2n) is 5.37. The molecule has 0 saturated heterocycles. The third-order valence-corrected chi connectivity index (χ3v) is 2.34. The number of hydrogen-bond acceptors (Lipinski definition) is 6. The van der Waals surface area contributed by atoms with E-state index in [1.54, 1.807) is 0 Å². The van der Waals surface area contributed by atoms with Gasteiger partial charge in [-0.1, -0.05) is 0 Å². The van der Waals surface area contributed by atoms with E-state index in [-0.39, 0.29) is 0 Å². The molecule has 0 fully saturated rings. The van der Waals surface area contributed by atoms with E-state index >= 15 is 0 Å². The van der Waals surface area contributed by atoms with Crippen LogP contribution in [0.5, 0.6) is 5.75 Å². The van der Waals surface area contributed by atoms with Gasteiger partial charge in [-0.25, -0.2) is 28.7 Å². The van der Waals surface area contributed by atoms with Gasteiger partial charge in [0.15, 0.2) is 0 Å². The van der Waals surface area contributed by atoms with Crippen molar-refractivity contribution in [3.8, 4) is 5.75 Å². The van der Waals surface area contributed by atoms with Crippen molar-refractivity contribution in [3.63, 3.8) is 0 Å². The first kappa shape index (κ1) is 19.8. The van der Waals surface area contributed by atoms with E-state index in [4.69, 9.17) is 10.6 Å². The number of rotatable bonds is 4. The molecule has 0 aliphatic rings. The Kier molecular flexibility index (Phi) is 5.84. The van der Waals surface area contributed by atoms with E-state index in [9.17, 15) is 31.5 Å². The van der Waals surface area contributed by atoms with Gasteiger partial charge in [0.1, 0.15) is 5.60 Å². The summed E-state index contributed by atoms with van der Waals surface area (Å²) < 4.78 is 74.5. The van der Waals surface area contributed by atoms with Gasteiger partial charge in [-0.15, -0.1) is 0 Å². The number of ether oxygens (including phenoxy) is 2.